The van der Waals surface area contributed by atoms with E-state index >= 15 is 0 Å². The number of rotatable bonds is 5. The Morgan fingerprint density at radius 1 is 1.17 bits per heavy atom. The molecule has 0 heterocycles. The first-order chi connectivity index (χ1) is 11.0. The number of carbonyl (C=O) groups excluding carboxylic acids is 4. The van der Waals surface area contributed by atoms with Crippen molar-refractivity contribution >= 4 is 30.4 Å². The minimum atomic E-state index is -0.932. The molecule has 122 valence electrons. The molecule has 0 bridgehead atoms. The van der Waals surface area contributed by atoms with E-state index in [4.69, 9.17) is 0 Å². The van der Waals surface area contributed by atoms with Gasteiger partial charge in [0.15, 0.2) is 0 Å². The molecule has 0 aliphatic carbocycles. The van der Waals surface area contributed by atoms with Crippen LogP contribution in [-0.4, -0.2) is 54.3 Å². The van der Waals surface area contributed by atoms with Gasteiger partial charge in [0.1, 0.15) is 6.29 Å². The Morgan fingerprint density at radius 2 is 1.83 bits per heavy atom. The fourth-order valence-corrected chi connectivity index (χ4v) is 1.64. The summed E-state index contributed by atoms with van der Waals surface area (Å²) in [6.07, 6.45) is 2.19. The van der Waals surface area contributed by atoms with Gasteiger partial charge in [0.2, 0.25) is 0 Å². The highest BCUT2D eigenvalue weighted by atomic mass is 16.6. The maximum Gasteiger partial charge on any atom is 0.417 e. The second-order valence-corrected chi connectivity index (χ2v) is 4.40. The third-order valence-electron chi connectivity index (χ3n) is 2.80. The number of hydrogen-bond acceptors (Lipinski definition) is 5. The lowest BCUT2D eigenvalue weighted by atomic mass is 10.2. The van der Waals surface area contributed by atoms with Crippen molar-refractivity contribution in [1.82, 2.24) is 9.80 Å². The van der Waals surface area contributed by atoms with Crippen molar-refractivity contribution in [2.45, 2.75) is 6.92 Å². The molecule has 1 aromatic rings. The van der Waals surface area contributed by atoms with Gasteiger partial charge in [-0.1, -0.05) is 30.3 Å². The summed E-state index contributed by atoms with van der Waals surface area (Å²) in [5.74, 6) is -0.706. The number of hydrogen-bond donors (Lipinski definition) is 0. The highest BCUT2D eigenvalue weighted by Gasteiger charge is 2.27. The molecule has 0 saturated carbocycles. The lowest BCUT2D eigenvalue weighted by Crippen LogP contribution is -2.47. The van der Waals surface area contributed by atoms with E-state index < -0.39 is 24.6 Å². The van der Waals surface area contributed by atoms with Gasteiger partial charge in [0.05, 0.1) is 13.2 Å². The predicted molar refractivity (Wildman–Crippen MR) is 83.4 cm³/mol. The van der Waals surface area contributed by atoms with Crippen molar-refractivity contribution < 1.29 is 23.9 Å². The summed E-state index contributed by atoms with van der Waals surface area (Å²) in [5.41, 5.74) is 0.762. The van der Waals surface area contributed by atoms with Gasteiger partial charge in [-0.2, -0.15) is 0 Å². The van der Waals surface area contributed by atoms with E-state index in [1.165, 1.54) is 13.1 Å². The highest BCUT2D eigenvalue weighted by molar-refractivity contribution is 6.06. The summed E-state index contributed by atoms with van der Waals surface area (Å²) < 4.78 is 4.68. The molecule has 0 atom stereocenters. The van der Waals surface area contributed by atoms with Gasteiger partial charge in [0.25, 0.3) is 5.91 Å². The monoisotopic (exact) mass is 318 g/mol. The molecule has 0 aromatic heterocycles. The lowest BCUT2D eigenvalue weighted by molar-refractivity contribution is -0.125. The predicted octanol–water partition coefficient (Wildman–Crippen LogP) is 1.94. The zero-order valence-electron chi connectivity index (χ0n) is 13.0. The van der Waals surface area contributed by atoms with E-state index in [0.717, 1.165) is 11.6 Å². The van der Waals surface area contributed by atoms with Crippen LogP contribution in [0, 0.1) is 0 Å². The van der Waals surface area contributed by atoms with E-state index in [1.807, 2.05) is 6.07 Å². The van der Waals surface area contributed by atoms with Crippen molar-refractivity contribution in [1.29, 1.82) is 0 Å². The molecule has 1 rings (SSSR count). The Morgan fingerprint density at radius 3 is 2.39 bits per heavy atom. The fraction of sp³-hybridized carbons (Fsp3) is 0.250. The maximum atomic E-state index is 12.1. The van der Waals surface area contributed by atoms with E-state index in [2.05, 4.69) is 4.74 Å². The van der Waals surface area contributed by atoms with E-state index in [9.17, 15) is 19.2 Å². The fourth-order valence-electron chi connectivity index (χ4n) is 1.64. The van der Waals surface area contributed by atoms with Gasteiger partial charge in [-0.15, -0.1) is 0 Å². The lowest BCUT2D eigenvalue weighted by Gasteiger charge is -2.22. The third kappa shape index (κ3) is 5.39. The zero-order valence-corrected chi connectivity index (χ0v) is 13.0. The Labute approximate surface area is 134 Å². The Bertz CT molecular complexity index is 598. The average Bonchev–Trinajstić information content (AvgIpc) is 2.57. The van der Waals surface area contributed by atoms with Crippen LogP contribution in [0.2, 0.25) is 0 Å². The van der Waals surface area contributed by atoms with Gasteiger partial charge in [-0.3, -0.25) is 9.69 Å². The van der Waals surface area contributed by atoms with E-state index in [0.29, 0.717) is 16.1 Å². The minimum Gasteiger partial charge on any atom is -0.449 e. The molecule has 7 nitrogen and oxygen atoms in total. The Kier molecular flexibility index (Phi) is 7.19. The summed E-state index contributed by atoms with van der Waals surface area (Å²) >= 11 is 0. The summed E-state index contributed by atoms with van der Waals surface area (Å²) in [6.45, 7) is 1.22. The number of nitrogens with zero attached hydrogens (tertiary/aromatic N) is 2. The van der Waals surface area contributed by atoms with E-state index in [-0.39, 0.29) is 6.61 Å². The number of ether oxygens (including phenoxy) is 1. The second-order valence-electron chi connectivity index (χ2n) is 4.40. The number of amides is 4. The van der Waals surface area contributed by atoms with Crippen LogP contribution in [0.15, 0.2) is 36.4 Å². The minimum absolute atomic E-state index is 0.0893. The Hall–Kier alpha value is -2.96. The molecule has 0 saturated heterocycles. The van der Waals surface area contributed by atoms with Crippen molar-refractivity contribution in [2.24, 2.45) is 0 Å². The topological polar surface area (TPSA) is 84.0 Å². The first-order valence-corrected chi connectivity index (χ1v) is 6.94. The van der Waals surface area contributed by atoms with Crippen LogP contribution in [0.25, 0.3) is 6.08 Å². The average molecular weight is 318 g/mol. The van der Waals surface area contributed by atoms with Crippen LogP contribution in [-0.2, 0) is 14.3 Å². The van der Waals surface area contributed by atoms with Crippen molar-refractivity contribution in [3.63, 3.8) is 0 Å². The van der Waals surface area contributed by atoms with Gasteiger partial charge in [0, 0.05) is 13.1 Å². The van der Waals surface area contributed by atoms with Crippen LogP contribution in [0.1, 0.15) is 12.5 Å². The van der Waals surface area contributed by atoms with E-state index in [1.54, 1.807) is 31.2 Å². The largest absolute Gasteiger partial charge is 0.449 e. The van der Waals surface area contributed by atoms with Crippen LogP contribution in [0.4, 0.5) is 9.59 Å². The van der Waals surface area contributed by atoms with Crippen LogP contribution >= 0.6 is 0 Å². The van der Waals surface area contributed by atoms with Gasteiger partial charge in [-0.25, -0.2) is 14.5 Å². The number of benzene rings is 1. The normalized spacial score (nSPS) is 10.2. The molecule has 0 N–H and O–H groups in total. The highest BCUT2D eigenvalue weighted by Crippen LogP contribution is 2.05. The van der Waals surface area contributed by atoms with Crippen LogP contribution in [0.3, 0.4) is 0 Å². The molecule has 0 aliphatic heterocycles. The maximum absolute atomic E-state index is 12.1. The molecule has 4 amide bonds. The van der Waals surface area contributed by atoms with Crippen LogP contribution in [0.5, 0.6) is 0 Å². The molecule has 7 heteroatoms. The smallest absolute Gasteiger partial charge is 0.417 e. The van der Waals surface area contributed by atoms with Gasteiger partial charge < -0.3 is 9.53 Å². The first-order valence-electron chi connectivity index (χ1n) is 6.94. The number of urea groups is 1. The third-order valence-corrected chi connectivity index (χ3v) is 2.80. The van der Waals surface area contributed by atoms with Crippen molar-refractivity contribution in [3.05, 3.63) is 42.0 Å². The molecule has 0 fully saturated rings. The molecular weight excluding hydrogens is 300 g/mol. The Balaban J connectivity index is 2.86. The molecule has 1 aromatic carbocycles. The summed E-state index contributed by atoms with van der Waals surface area (Å²) in [4.78, 5) is 47.8. The SMILES string of the molecule is CCOC(=O)N(C)C(=O)N(CC=O)C(=O)C=Cc1ccccc1. The van der Waals surface area contributed by atoms with Gasteiger partial charge >= 0.3 is 12.1 Å². The molecule has 0 radical (unpaired) electrons. The molecule has 0 unspecified atom stereocenters. The molecule has 23 heavy (non-hydrogen) atoms. The molecular formula is C16H18N2O5. The number of imide groups is 2. The standard InChI is InChI=1S/C16H18N2O5/c1-3-23-16(22)17(2)15(21)18(11-12-19)14(20)10-9-13-7-5-4-6-8-13/h4-10,12H,3,11H2,1-2H3. The molecule has 0 aliphatic rings. The summed E-state index contributed by atoms with van der Waals surface area (Å²) in [7, 11) is 1.17. The second kappa shape index (κ2) is 9.14. The quantitative estimate of drug-likeness (QED) is 0.612. The summed E-state index contributed by atoms with van der Waals surface area (Å²) in [5, 5.41) is 0. The number of carbonyl (C=O) groups is 4. The zero-order chi connectivity index (χ0) is 17.2. The van der Waals surface area contributed by atoms with Crippen LogP contribution < -0.4 is 0 Å². The summed E-state index contributed by atoms with van der Waals surface area (Å²) in [6, 6.07) is 8.05. The van der Waals surface area contributed by atoms with Crippen molar-refractivity contribution in [3.8, 4) is 0 Å². The number of aldehydes is 1. The van der Waals surface area contributed by atoms with Crippen molar-refractivity contribution in [2.75, 3.05) is 20.2 Å². The first kappa shape index (κ1) is 18.1. The van der Waals surface area contributed by atoms with Gasteiger partial charge in [-0.05, 0) is 18.6 Å². The molecule has 0 spiro atoms.